The Morgan fingerprint density at radius 1 is 1.05 bits per heavy atom. The van der Waals surface area contributed by atoms with E-state index in [0.29, 0.717) is 0 Å². The molecule has 0 amide bonds. The van der Waals surface area contributed by atoms with Crippen molar-refractivity contribution in [3.63, 3.8) is 0 Å². The molecule has 0 aliphatic carbocycles. The predicted octanol–water partition coefficient (Wildman–Crippen LogP) is 3.71. The summed E-state index contributed by atoms with van der Waals surface area (Å²) < 4.78 is 0. The van der Waals surface area contributed by atoms with Gasteiger partial charge in [-0.05, 0) is 56.5 Å². The van der Waals surface area contributed by atoms with Crippen molar-refractivity contribution in [3.05, 3.63) is 70.8 Å². The van der Waals surface area contributed by atoms with Gasteiger partial charge in [0.25, 0.3) is 0 Å². The van der Waals surface area contributed by atoms with E-state index in [1.54, 1.807) is 0 Å². The summed E-state index contributed by atoms with van der Waals surface area (Å²) >= 11 is 0. The molecule has 0 saturated carbocycles. The Morgan fingerprint density at radius 2 is 1.76 bits per heavy atom. The topological polar surface area (TPSA) is 29.1 Å². The molecule has 1 unspecified atom stereocenters. The highest BCUT2D eigenvalue weighted by molar-refractivity contribution is 6.00. The molecular formula is C19H23NO. The third-order valence-electron chi connectivity index (χ3n) is 3.89. The molecule has 0 heterocycles. The lowest BCUT2D eigenvalue weighted by molar-refractivity contribution is 0.0951. The summed E-state index contributed by atoms with van der Waals surface area (Å²) in [6.45, 7) is 6.84. The molecule has 21 heavy (non-hydrogen) atoms. The first-order valence-electron chi connectivity index (χ1n) is 7.46. The number of Topliss-reactive ketones (excluding diaryl/α,β-unsaturated/α-hetero) is 1. The van der Waals surface area contributed by atoms with Crippen LogP contribution in [0.2, 0.25) is 0 Å². The zero-order chi connectivity index (χ0) is 15.2. The Labute approximate surface area is 127 Å². The summed E-state index contributed by atoms with van der Waals surface area (Å²) in [5.74, 6) is 0.158. The van der Waals surface area contributed by atoms with Gasteiger partial charge in [-0.2, -0.15) is 0 Å². The van der Waals surface area contributed by atoms with Crippen LogP contribution >= 0.6 is 0 Å². The van der Waals surface area contributed by atoms with Gasteiger partial charge >= 0.3 is 0 Å². The van der Waals surface area contributed by atoms with Crippen molar-refractivity contribution in [2.75, 3.05) is 6.54 Å². The Kier molecular flexibility index (Phi) is 5.29. The van der Waals surface area contributed by atoms with Crippen molar-refractivity contribution < 1.29 is 4.79 Å². The molecule has 1 atom stereocenters. The van der Waals surface area contributed by atoms with Crippen LogP contribution in [-0.2, 0) is 6.42 Å². The number of hydrogen-bond donors (Lipinski definition) is 1. The van der Waals surface area contributed by atoms with Crippen LogP contribution in [0, 0.1) is 13.8 Å². The number of rotatable bonds is 6. The van der Waals surface area contributed by atoms with E-state index in [1.807, 2.05) is 50.2 Å². The standard InChI is InChI=1S/C19H23NO/c1-14-9-10-18(13-15(14)2)19(21)16(3)20-12-11-17-7-5-4-6-8-17/h4-10,13,16,20H,11-12H2,1-3H3. The third-order valence-corrected chi connectivity index (χ3v) is 3.89. The van der Waals surface area contributed by atoms with E-state index in [1.165, 1.54) is 11.1 Å². The molecule has 110 valence electrons. The lowest BCUT2D eigenvalue weighted by atomic mass is 10.0. The fourth-order valence-electron chi connectivity index (χ4n) is 2.32. The van der Waals surface area contributed by atoms with Crippen LogP contribution in [0.3, 0.4) is 0 Å². The van der Waals surface area contributed by atoms with Crippen LogP contribution in [0.4, 0.5) is 0 Å². The van der Waals surface area contributed by atoms with Crippen molar-refractivity contribution >= 4 is 5.78 Å². The minimum atomic E-state index is -0.157. The average molecular weight is 281 g/mol. The second-order valence-electron chi connectivity index (χ2n) is 5.57. The molecular weight excluding hydrogens is 258 g/mol. The molecule has 0 saturated heterocycles. The number of carbonyl (C=O) groups excluding carboxylic acids is 1. The number of aryl methyl sites for hydroxylation is 2. The molecule has 1 N–H and O–H groups in total. The maximum absolute atomic E-state index is 12.4. The Bertz CT molecular complexity index is 604. The summed E-state index contributed by atoms with van der Waals surface area (Å²) in [5, 5.41) is 3.31. The third kappa shape index (κ3) is 4.27. The summed E-state index contributed by atoms with van der Waals surface area (Å²) in [6.07, 6.45) is 0.936. The van der Waals surface area contributed by atoms with Gasteiger partial charge in [0.2, 0.25) is 0 Å². The number of carbonyl (C=O) groups is 1. The van der Waals surface area contributed by atoms with Crippen LogP contribution in [0.5, 0.6) is 0 Å². The van der Waals surface area contributed by atoms with Crippen molar-refractivity contribution in [3.8, 4) is 0 Å². The van der Waals surface area contributed by atoms with Gasteiger partial charge in [-0.3, -0.25) is 4.79 Å². The second-order valence-corrected chi connectivity index (χ2v) is 5.57. The van der Waals surface area contributed by atoms with Crippen molar-refractivity contribution in [1.82, 2.24) is 5.32 Å². The minimum absolute atomic E-state index is 0.157. The van der Waals surface area contributed by atoms with Gasteiger partial charge in [-0.25, -0.2) is 0 Å². The molecule has 0 bridgehead atoms. The van der Waals surface area contributed by atoms with Crippen LogP contribution < -0.4 is 5.32 Å². The van der Waals surface area contributed by atoms with Gasteiger partial charge in [-0.1, -0.05) is 42.5 Å². The first-order chi connectivity index (χ1) is 10.1. The Morgan fingerprint density at radius 3 is 2.43 bits per heavy atom. The van der Waals surface area contributed by atoms with E-state index in [0.717, 1.165) is 24.1 Å². The van der Waals surface area contributed by atoms with Gasteiger partial charge in [0.15, 0.2) is 5.78 Å². The molecule has 0 spiro atoms. The number of hydrogen-bond acceptors (Lipinski definition) is 2. The molecule has 0 aliphatic rings. The summed E-state index contributed by atoms with van der Waals surface area (Å²) in [7, 11) is 0. The number of benzene rings is 2. The lowest BCUT2D eigenvalue weighted by Crippen LogP contribution is -2.35. The molecule has 2 rings (SSSR count). The largest absolute Gasteiger partial charge is 0.307 e. The van der Waals surface area contributed by atoms with E-state index in [-0.39, 0.29) is 11.8 Å². The minimum Gasteiger partial charge on any atom is -0.307 e. The van der Waals surface area contributed by atoms with Gasteiger partial charge in [-0.15, -0.1) is 0 Å². The summed E-state index contributed by atoms with van der Waals surface area (Å²) in [4.78, 5) is 12.4. The van der Waals surface area contributed by atoms with Crippen molar-refractivity contribution in [2.24, 2.45) is 0 Å². The van der Waals surface area contributed by atoms with Crippen molar-refractivity contribution in [2.45, 2.75) is 33.2 Å². The maximum Gasteiger partial charge on any atom is 0.179 e. The fraction of sp³-hybridized carbons (Fsp3) is 0.316. The molecule has 2 aromatic rings. The fourth-order valence-corrected chi connectivity index (χ4v) is 2.32. The zero-order valence-corrected chi connectivity index (χ0v) is 13.0. The predicted molar refractivity (Wildman–Crippen MR) is 87.9 cm³/mol. The van der Waals surface area contributed by atoms with Crippen molar-refractivity contribution in [1.29, 1.82) is 0 Å². The second kappa shape index (κ2) is 7.19. The van der Waals surface area contributed by atoms with Gasteiger partial charge < -0.3 is 5.32 Å². The highest BCUT2D eigenvalue weighted by Gasteiger charge is 2.14. The average Bonchev–Trinajstić information content (AvgIpc) is 2.50. The number of nitrogens with one attached hydrogen (secondary N) is 1. The van der Waals surface area contributed by atoms with Gasteiger partial charge in [0.05, 0.1) is 6.04 Å². The van der Waals surface area contributed by atoms with E-state index in [9.17, 15) is 4.79 Å². The summed E-state index contributed by atoms with van der Waals surface area (Å²) in [5.41, 5.74) is 4.46. The van der Waals surface area contributed by atoms with Gasteiger partial charge in [0.1, 0.15) is 0 Å². The molecule has 0 aromatic heterocycles. The lowest BCUT2D eigenvalue weighted by Gasteiger charge is -2.13. The van der Waals surface area contributed by atoms with E-state index < -0.39 is 0 Å². The molecule has 2 aromatic carbocycles. The molecule has 0 aliphatic heterocycles. The molecule has 2 heteroatoms. The van der Waals surface area contributed by atoms with Gasteiger partial charge in [0, 0.05) is 5.56 Å². The number of ketones is 1. The van der Waals surface area contributed by atoms with Crippen LogP contribution in [-0.4, -0.2) is 18.4 Å². The zero-order valence-electron chi connectivity index (χ0n) is 13.0. The Hall–Kier alpha value is -1.93. The normalized spacial score (nSPS) is 12.1. The smallest absolute Gasteiger partial charge is 0.179 e. The van der Waals surface area contributed by atoms with Crippen LogP contribution in [0.25, 0.3) is 0 Å². The molecule has 0 radical (unpaired) electrons. The first-order valence-corrected chi connectivity index (χ1v) is 7.46. The molecule has 0 fully saturated rings. The quantitative estimate of drug-likeness (QED) is 0.818. The van der Waals surface area contributed by atoms with Crippen LogP contribution in [0.15, 0.2) is 48.5 Å². The highest BCUT2D eigenvalue weighted by Crippen LogP contribution is 2.11. The van der Waals surface area contributed by atoms with E-state index in [2.05, 4.69) is 24.4 Å². The van der Waals surface area contributed by atoms with E-state index >= 15 is 0 Å². The maximum atomic E-state index is 12.4. The monoisotopic (exact) mass is 281 g/mol. The highest BCUT2D eigenvalue weighted by atomic mass is 16.1. The SMILES string of the molecule is Cc1ccc(C(=O)C(C)NCCc2ccccc2)cc1C. The molecule has 2 nitrogen and oxygen atoms in total. The van der Waals surface area contributed by atoms with E-state index in [4.69, 9.17) is 0 Å². The first kappa shape index (κ1) is 15.5. The Balaban J connectivity index is 1.89. The summed E-state index contributed by atoms with van der Waals surface area (Å²) in [6, 6.07) is 16.1. The van der Waals surface area contributed by atoms with Crippen LogP contribution in [0.1, 0.15) is 34.0 Å².